The number of cyclic esters (lactones) is 1. The number of nitrogens with zero attached hydrogens (tertiary/aromatic N) is 6. The molecule has 4 saturated heterocycles. The van der Waals surface area contributed by atoms with E-state index in [1.807, 2.05) is 58.8 Å². The van der Waals surface area contributed by atoms with Crippen LogP contribution in [-0.4, -0.2) is 203 Å². The number of carbonyl (C=O) groups is 1. The van der Waals surface area contributed by atoms with Crippen LogP contribution in [0.15, 0.2) is 30.5 Å². The van der Waals surface area contributed by atoms with Gasteiger partial charge in [-0.2, -0.15) is 0 Å². The quantitative estimate of drug-likeness (QED) is 0.147. The first-order valence-electron chi connectivity index (χ1n) is 28.0. The lowest BCUT2D eigenvalue weighted by molar-refractivity contribution is -0.308. The van der Waals surface area contributed by atoms with E-state index in [4.69, 9.17) is 38.9 Å². The zero-order chi connectivity index (χ0) is 55.8. The summed E-state index contributed by atoms with van der Waals surface area (Å²) in [7, 11) is 7.02. The van der Waals surface area contributed by atoms with Gasteiger partial charge in [-0.15, -0.1) is 5.10 Å². The summed E-state index contributed by atoms with van der Waals surface area (Å²) in [6.07, 6.45) is -4.46. The lowest BCUT2D eigenvalue weighted by Crippen LogP contribution is -2.59. The molecule has 22 atom stereocenters. The number of hydrogen-bond donors (Lipinski definition) is 5. The summed E-state index contributed by atoms with van der Waals surface area (Å²) in [5, 5.41) is 56.5. The number of esters is 1. The topological polar surface area (TPSA) is 229 Å². The molecule has 20 heteroatoms. The summed E-state index contributed by atoms with van der Waals surface area (Å²) in [6.45, 7) is 20.2. The van der Waals surface area contributed by atoms with Gasteiger partial charge in [0.2, 0.25) is 0 Å². The first-order valence-corrected chi connectivity index (χ1v) is 28.0. The van der Waals surface area contributed by atoms with Crippen LogP contribution in [0.4, 0.5) is 10.1 Å². The number of nitrogens with two attached hydrogens (primary N) is 1. The fourth-order valence-corrected chi connectivity index (χ4v) is 13.1. The van der Waals surface area contributed by atoms with Crippen LogP contribution in [0.25, 0.3) is 0 Å². The summed E-state index contributed by atoms with van der Waals surface area (Å²) in [6, 6.07) is 7.17. The molecule has 4 aliphatic heterocycles. The maximum atomic E-state index is 15.0. The van der Waals surface area contributed by atoms with Crippen molar-refractivity contribution in [1.29, 1.82) is 0 Å². The molecule has 1 aromatic carbocycles. The molecule has 5 aliphatic rings. The summed E-state index contributed by atoms with van der Waals surface area (Å²) in [5.41, 5.74) is 4.46. The molecule has 1 aliphatic carbocycles. The van der Waals surface area contributed by atoms with Gasteiger partial charge in [-0.1, -0.05) is 38.1 Å². The average Bonchev–Trinajstić information content (AvgIpc) is 3.71. The number of fused-ring (bicyclic) bond motifs is 1. The van der Waals surface area contributed by atoms with E-state index in [-0.39, 0.29) is 37.3 Å². The molecule has 7 rings (SSSR count). The SMILES string of the molecule is CC[C@H]1OC(=O)[C@H](C)[C@@H](O[C@H]2C[C@@](C)(OC)[C@@H](O)[C@H](C)O2)[C@H](C)[C@@H](O[C@H]2C[C@@H](N(C)CCc3cn([C@H](CF)[C@H](OC)c4ccc(N5C[C@@H]6[C@@H](N)[C@@H]6C5)cc4)nn3)C[C@@H](C)O2)[C@](C)(O)C[C@@H](C)CN(C)[C@H](C)[C@@H](O)[C@]1(C)O. The molecule has 0 spiro atoms. The molecule has 6 N–H and O–H groups in total. The van der Waals surface area contributed by atoms with E-state index in [1.54, 1.807) is 52.6 Å². The van der Waals surface area contributed by atoms with Gasteiger partial charge >= 0.3 is 5.97 Å². The number of carbonyl (C=O) groups excluding carboxylic acids is 1. The molecule has 1 aromatic heterocycles. The second-order valence-corrected chi connectivity index (χ2v) is 24.3. The van der Waals surface area contributed by atoms with Gasteiger partial charge in [-0.25, -0.2) is 9.07 Å². The Bertz CT molecular complexity index is 2160. The van der Waals surface area contributed by atoms with Gasteiger partial charge in [0.15, 0.2) is 12.6 Å². The van der Waals surface area contributed by atoms with Gasteiger partial charge in [-0.3, -0.25) is 4.79 Å². The first-order chi connectivity index (χ1) is 35.8. The van der Waals surface area contributed by atoms with E-state index in [1.165, 1.54) is 14.0 Å². The number of halogens is 1. The molecular formula is C56H94FN7O12. The molecule has 0 amide bonds. The van der Waals surface area contributed by atoms with Crippen molar-refractivity contribution in [2.75, 3.05) is 66.1 Å². The highest BCUT2D eigenvalue weighted by Gasteiger charge is 2.54. The van der Waals surface area contributed by atoms with E-state index in [0.717, 1.165) is 24.3 Å². The third-order valence-corrected chi connectivity index (χ3v) is 18.3. The van der Waals surface area contributed by atoms with E-state index in [9.17, 15) is 29.6 Å². The van der Waals surface area contributed by atoms with Crippen molar-refractivity contribution in [3.63, 3.8) is 0 Å². The van der Waals surface area contributed by atoms with Gasteiger partial charge in [0, 0.05) is 95.6 Å². The Morgan fingerprint density at radius 3 is 2.22 bits per heavy atom. The predicted molar refractivity (Wildman–Crippen MR) is 284 cm³/mol. The lowest BCUT2D eigenvalue weighted by Gasteiger charge is -2.48. The zero-order valence-corrected chi connectivity index (χ0v) is 47.8. The minimum Gasteiger partial charge on any atom is -0.459 e. The number of alkyl halides is 1. The molecule has 0 unspecified atom stereocenters. The summed E-state index contributed by atoms with van der Waals surface area (Å²) < 4.78 is 61.2. The van der Waals surface area contributed by atoms with E-state index in [0.29, 0.717) is 55.9 Å². The predicted octanol–water partition coefficient (Wildman–Crippen LogP) is 4.43. The number of benzene rings is 1. The van der Waals surface area contributed by atoms with Crippen LogP contribution in [-0.2, 0) is 44.4 Å². The molecule has 0 bridgehead atoms. The maximum Gasteiger partial charge on any atom is 0.311 e. The van der Waals surface area contributed by atoms with Crippen molar-refractivity contribution < 1.29 is 62.8 Å². The average molecular weight is 1080 g/mol. The van der Waals surface area contributed by atoms with Crippen molar-refractivity contribution in [2.24, 2.45) is 35.3 Å². The van der Waals surface area contributed by atoms with E-state index < -0.39 is 109 Å². The molecule has 0 radical (unpaired) electrons. The van der Waals surface area contributed by atoms with Gasteiger partial charge in [0.25, 0.3) is 0 Å². The molecule has 432 valence electrons. The second kappa shape index (κ2) is 24.8. The fourth-order valence-electron chi connectivity index (χ4n) is 13.1. The second-order valence-electron chi connectivity index (χ2n) is 24.3. The highest BCUT2D eigenvalue weighted by Crippen LogP contribution is 2.46. The van der Waals surface area contributed by atoms with Gasteiger partial charge < -0.3 is 74.0 Å². The number of ether oxygens (including phenoxy) is 7. The Morgan fingerprint density at radius 2 is 1.61 bits per heavy atom. The minimum atomic E-state index is -1.82. The number of piperidine rings is 1. The molecule has 5 fully saturated rings. The molecule has 19 nitrogen and oxygen atoms in total. The molecule has 76 heavy (non-hydrogen) atoms. The van der Waals surface area contributed by atoms with E-state index in [2.05, 4.69) is 32.2 Å². The van der Waals surface area contributed by atoms with Crippen LogP contribution >= 0.6 is 0 Å². The van der Waals surface area contributed by atoms with Crippen LogP contribution in [0, 0.1) is 29.6 Å². The number of aliphatic hydroxyl groups is 4. The number of aliphatic hydroxyl groups excluding tert-OH is 2. The van der Waals surface area contributed by atoms with Crippen molar-refractivity contribution in [2.45, 2.75) is 210 Å². The Labute approximate surface area is 451 Å². The van der Waals surface area contributed by atoms with Crippen molar-refractivity contribution in [3.05, 3.63) is 41.7 Å². The zero-order valence-electron chi connectivity index (χ0n) is 47.8. The number of hydrogen-bond acceptors (Lipinski definition) is 18. The van der Waals surface area contributed by atoms with Crippen molar-refractivity contribution >= 4 is 11.7 Å². The fraction of sp³-hybridized carbons (Fsp3) is 0.839. The minimum absolute atomic E-state index is 0.00991. The molecule has 2 aromatic rings. The smallest absolute Gasteiger partial charge is 0.311 e. The van der Waals surface area contributed by atoms with Gasteiger partial charge in [0.05, 0.1) is 47.2 Å². The summed E-state index contributed by atoms with van der Waals surface area (Å²) in [5.74, 6) is -1.42. The molecule has 5 heterocycles. The van der Waals surface area contributed by atoms with Gasteiger partial charge in [0.1, 0.15) is 42.7 Å². The van der Waals surface area contributed by atoms with Crippen LogP contribution < -0.4 is 10.6 Å². The third kappa shape index (κ3) is 13.3. The summed E-state index contributed by atoms with van der Waals surface area (Å²) >= 11 is 0. The van der Waals surface area contributed by atoms with Crippen molar-refractivity contribution in [3.8, 4) is 0 Å². The third-order valence-electron chi connectivity index (χ3n) is 18.3. The lowest BCUT2D eigenvalue weighted by atomic mass is 9.77. The highest BCUT2D eigenvalue weighted by atomic mass is 19.1. The first kappa shape index (κ1) is 60.7. The number of rotatable bonds is 16. The number of likely N-dealkylation sites (N-methyl/N-ethyl adjacent to an activating group) is 2. The van der Waals surface area contributed by atoms with Crippen LogP contribution in [0.1, 0.15) is 125 Å². The Morgan fingerprint density at radius 1 is 0.934 bits per heavy atom. The Balaban J connectivity index is 1.09. The number of aromatic nitrogens is 3. The van der Waals surface area contributed by atoms with Crippen molar-refractivity contribution in [1.82, 2.24) is 24.8 Å². The number of methoxy groups -OCH3 is 2. The molecular weight excluding hydrogens is 982 g/mol. The Hall–Kier alpha value is -2.96. The van der Waals surface area contributed by atoms with Gasteiger partial charge in [-0.05, 0) is 117 Å². The van der Waals surface area contributed by atoms with E-state index >= 15 is 0 Å². The Kier molecular flexibility index (Phi) is 19.8. The number of anilines is 1. The monoisotopic (exact) mass is 1080 g/mol. The molecule has 1 saturated carbocycles. The maximum absolute atomic E-state index is 15.0. The normalized spacial score (nSPS) is 42.0. The highest BCUT2D eigenvalue weighted by molar-refractivity contribution is 5.73. The van der Waals surface area contributed by atoms with Crippen LogP contribution in [0.3, 0.4) is 0 Å². The standard InChI is InChI=1S/C56H94FN7O12/c1-15-44-56(10,69)50(65)35(6)62(12)27-31(2)24-54(8,68)52(33(4)48(34(5)53(67)74-44)75-46-25-55(9,71-14)51(66)36(7)73-46)76-45-23-40(22-32(3)72-45)61(11)21-20-38-28-64(60-59-38)43(26-57)49(70-13)37-16-18-39(19-17-37)63-29-41-42(30-63)47(41)58/h16-19,28,31-36,40-52,65-66,68-69H,15,20-27,29-30,58H2,1-14H3/t31-,32-,33+,34-,35-,36+,40+,41-,42+,43-,44-,45+,46+,47+,48+,49-,50-,51+,52-,54-,55-,56-/m1/s1. The largest absolute Gasteiger partial charge is 0.459 e. The summed E-state index contributed by atoms with van der Waals surface area (Å²) in [4.78, 5) is 21.1. The van der Waals surface area contributed by atoms with Crippen LogP contribution in [0.5, 0.6) is 0 Å². The van der Waals surface area contributed by atoms with Crippen LogP contribution in [0.2, 0.25) is 0 Å².